The molecule has 0 saturated heterocycles. The maximum absolute atomic E-state index is 12.3. The zero-order chi connectivity index (χ0) is 14.9. The molecule has 20 heavy (non-hydrogen) atoms. The fraction of sp³-hybridized carbons (Fsp3) is 0.571. The minimum atomic E-state index is -1.30. The maximum atomic E-state index is 12.3. The molecule has 1 heterocycles. The number of pyridine rings is 1. The third kappa shape index (κ3) is 3.35. The average molecular weight is 359 g/mol. The van der Waals surface area contributed by atoms with Crippen molar-refractivity contribution < 1.29 is 9.32 Å². The zero-order valence-corrected chi connectivity index (χ0v) is 14.3. The first kappa shape index (κ1) is 15.8. The molecule has 0 fully saturated rings. The lowest BCUT2D eigenvalue weighted by Crippen LogP contribution is -2.27. The van der Waals surface area contributed by atoms with Gasteiger partial charge in [-0.05, 0) is 61.0 Å². The molecule has 0 radical (unpaired) electrons. The van der Waals surface area contributed by atoms with Gasteiger partial charge in [0.1, 0.15) is 11.0 Å². The summed E-state index contributed by atoms with van der Waals surface area (Å²) in [5, 5.41) is 9.46. The van der Waals surface area contributed by atoms with Gasteiger partial charge in [-0.25, -0.2) is 4.21 Å². The van der Waals surface area contributed by atoms with Crippen molar-refractivity contribution in [1.29, 1.82) is 0 Å². The molecule has 110 valence electrons. The van der Waals surface area contributed by atoms with E-state index < -0.39 is 15.7 Å². The fourth-order valence-electron chi connectivity index (χ4n) is 2.11. The fourth-order valence-corrected chi connectivity index (χ4v) is 3.26. The molecule has 1 aromatic rings. The summed E-state index contributed by atoms with van der Waals surface area (Å²) in [4.78, 5) is 4.18. The van der Waals surface area contributed by atoms with Crippen LogP contribution in [0.25, 0.3) is 0 Å². The van der Waals surface area contributed by atoms with Crippen LogP contribution in [0.5, 0.6) is 0 Å². The Morgan fingerprint density at radius 2 is 2.15 bits per heavy atom. The van der Waals surface area contributed by atoms with Gasteiger partial charge >= 0.3 is 0 Å². The number of hydrogen-bond donors (Lipinski definition) is 1. The maximum Gasteiger partial charge on any atom is 0.145 e. The lowest BCUT2D eigenvalue weighted by Gasteiger charge is -2.25. The minimum Gasteiger partial charge on any atom is -0.396 e. The van der Waals surface area contributed by atoms with E-state index in [0.29, 0.717) is 6.42 Å². The molecule has 4 nitrogen and oxygen atoms in total. The Hall–Kier alpha value is -0.590. The van der Waals surface area contributed by atoms with E-state index in [1.54, 1.807) is 12.4 Å². The highest BCUT2D eigenvalue weighted by atomic mass is 79.9. The van der Waals surface area contributed by atoms with Crippen molar-refractivity contribution in [3.63, 3.8) is 0 Å². The number of halogens is 1. The number of nitrogens with zero attached hydrogens (tertiary/aromatic N) is 2. The van der Waals surface area contributed by atoms with Crippen LogP contribution < -0.4 is 0 Å². The van der Waals surface area contributed by atoms with E-state index in [2.05, 4.69) is 25.3 Å². The number of rotatable bonds is 2. The van der Waals surface area contributed by atoms with Crippen LogP contribution in [0.15, 0.2) is 21.3 Å². The van der Waals surface area contributed by atoms with Gasteiger partial charge in [-0.2, -0.15) is 4.40 Å². The Bertz CT molecular complexity index is 567. The van der Waals surface area contributed by atoms with E-state index in [4.69, 9.17) is 0 Å². The summed E-state index contributed by atoms with van der Waals surface area (Å²) < 4.78 is 17.2. The molecule has 0 amide bonds. The molecule has 0 saturated carbocycles. The molecule has 2 atom stereocenters. The van der Waals surface area contributed by atoms with Gasteiger partial charge in [0.15, 0.2) is 0 Å². The molecular formula is C14H19BrN2O2S. The molecule has 2 rings (SSSR count). The highest BCUT2D eigenvalue weighted by Crippen LogP contribution is 2.31. The van der Waals surface area contributed by atoms with Crippen LogP contribution in [-0.4, -0.2) is 31.4 Å². The van der Waals surface area contributed by atoms with Crippen LogP contribution in [0.1, 0.15) is 38.3 Å². The van der Waals surface area contributed by atoms with Crippen LogP contribution in [0, 0.1) is 5.92 Å². The Labute approximate surface area is 130 Å². The SMILES string of the molecule is CC(C)(C)S(=O)/N=C1\CC(CO)Cc2c(Br)cncc21. The predicted octanol–water partition coefficient (Wildman–Crippen LogP) is 2.65. The Morgan fingerprint density at radius 1 is 1.45 bits per heavy atom. The van der Waals surface area contributed by atoms with Crippen molar-refractivity contribution >= 4 is 32.6 Å². The van der Waals surface area contributed by atoms with Gasteiger partial charge in [-0.15, -0.1) is 0 Å². The van der Waals surface area contributed by atoms with Crippen LogP contribution in [0.4, 0.5) is 0 Å². The number of fused-ring (bicyclic) bond motifs is 1. The molecule has 1 aliphatic rings. The van der Waals surface area contributed by atoms with Crippen molar-refractivity contribution in [1.82, 2.24) is 4.98 Å². The first-order valence-corrected chi connectivity index (χ1v) is 8.46. The summed E-state index contributed by atoms with van der Waals surface area (Å²) in [6.07, 6.45) is 4.95. The molecule has 0 spiro atoms. The molecule has 0 aromatic carbocycles. The van der Waals surface area contributed by atoms with E-state index in [-0.39, 0.29) is 12.5 Å². The summed E-state index contributed by atoms with van der Waals surface area (Å²) in [6, 6.07) is 0. The zero-order valence-electron chi connectivity index (χ0n) is 11.9. The number of aromatic nitrogens is 1. The van der Waals surface area contributed by atoms with Gasteiger partial charge in [0.25, 0.3) is 0 Å². The minimum absolute atomic E-state index is 0.107. The summed E-state index contributed by atoms with van der Waals surface area (Å²) in [6.45, 7) is 5.81. The number of hydrogen-bond acceptors (Lipinski definition) is 3. The molecule has 0 aliphatic heterocycles. The van der Waals surface area contributed by atoms with Crippen molar-refractivity contribution in [2.75, 3.05) is 6.61 Å². The van der Waals surface area contributed by atoms with Gasteiger partial charge in [-0.1, -0.05) is 0 Å². The quantitative estimate of drug-likeness (QED) is 0.883. The molecule has 1 aromatic heterocycles. The summed E-state index contributed by atoms with van der Waals surface area (Å²) in [5.74, 6) is 0.122. The Kier molecular flexibility index (Phi) is 4.76. The van der Waals surface area contributed by atoms with Crippen LogP contribution >= 0.6 is 15.9 Å². The number of aliphatic hydroxyl groups is 1. The topological polar surface area (TPSA) is 62.5 Å². The molecule has 1 aliphatic carbocycles. The standard InChI is InChI=1S/C14H19BrN2O2S/c1-14(2,3)20(19)17-13-5-9(8-18)4-10-11(13)6-16-7-12(10)15/h6-7,9,18H,4-5,8H2,1-3H3/b17-13+. The molecule has 6 heteroatoms. The Morgan fingerprint density at radius 3 is 2.75 bits per heavy atom. The summed E-state index contributed by atoms with van der Waals surface area (Å²) >= 11 is 3.50. The smallest absolute Gasteiger partial charge is 0.145 e. The van der Waals surface area contributed by atoms with Gasteiger partial charge in [0, 0.05) is 29.0 Å². The molecule has 2 unspecified atom stereocenters. The van der Waals surface area contributed by atoms with E-state index in [1.807, 2.05) is 20.8 Å². The van der Waals surface area contributed by atoms with Crippen molar-refractivity contribution in [2.45, 2.75) is 38.4 Å². The Balaban J connectivity index is 2.47. The van der Waals surface area contributed by atoms with E-state index in [1.165, 1.54) is 0 Å². The second-order valence-corrected chi connectivity index (χ2v) is 8.76. The van der Waals surface area contributed by atoms with E-state index >= 15 is 0 Å². The highest BCUT2D eigenvalue weighted by molar-refractivity contribution is 9.10. The van der Waals surface area contributed by atoms with Gasteiger partial charge < -0.3 is 5.11 Å². The van der Waals surface area contributed by atoms with Gasteiger partial charge in [-0.3, -0.25) is 4.98 Å². The van der Waals surface area contributed by atoms with Crippen molar-refractivity contribution in [2.24, 2.45) is 10.3 Å². The van der Waals surface area contributed by atoms with Crippen molar-refractivity contribution in [3.05, 3.63) is 28.0 Å². The highest BCUT2D eigenvalue weighted by Gasteiger charge is 2.27. The third-order valence-electron chi connectivity index (χ3n) is 3.27. The molecular weight excluding hydrogens is 340 g/mol. The third-order valence-corrected chi connectivity index (χ3v) is 5.38. The normalized spacial score (nSPS) is 22.6. The second-order valence-electron chi connectivity index (χ2n) is 6.00. The largest absolute Gasteiger partial charge is 0.396 e. The van der Waals surface area contributed by atoms with Crippen LogP contribution in [-0.2, 0) is 17.4 Å². The summed E-state index contributed by atoms with van der Waals surface area (Å²) in [7, 11) is -1.30. The van der Waals surface area contributed by atoms with Crippen molar-refractivity contribution in [3.8, 4) is 0 Å². The lowest BCUT2D eigenvalue weighted by molar-refractivity contribution is 0.228. The van der Waals surface area contributed by atoms with E-state index in [0.717, 1.165) is 27.7 Å². The first-order valence-electron chi connectivity index (χ1n) is 6.56. The summed E-state index contributed by atoms with van der Waals surface area (Å²) in [5.41, 5.74) is 2.82. The van der Waals surface area contributed by atoms with Gasteiger partial charge in [0.2, 0.25) is 0 Å². The van der Waals surface area contributed by atoms with Gasteiger partial charge in [0.05, 0.1) is 10.5 Å². The molecule has 1 N–H and O–H groups in total. The average Bonchev–Trinajstić information content (AvgIpc) is 2.38. The molecule has 0 bridgehead atoms. The second kappa shape index (κ2) is 6.03. The van der Waals surface area contributed by atoms with Crippen LogP contribution in [0.3, 0.4) is 0 Å². The predicted molar refractivity (Wildman–Crippen MR) is 85.3 cm³/mol. The first-order chi connectivity index (χ1) is 9.32. The number of aliphatic hydroxyl groups excluding tert-OH is 1. The van der Waals surface area contributed by atoms with Crippen LogP contribution in [0.2, 0.25) is 0 Å². The monoisotopic (exact) mass is 358 g/mol. The lowest BCUT2D eigenvalue weighted by atomic mass is 9.84. The van der Waals surface area contributed by atoms with E-state index in [9.17, 15) is 9.32 Å².